The van der Waals surface area contributed by atoms with Gasteiger partial charge in [-0.05, 0) is 30.8 Å². The lowest BCUT2D eigenvalue weighted by Gasteiger charge is -2.20. The molecular weight excluding hydrogens is 240 g/mol. The number of amides is 2. The number of urea groups is 1. The Morgan fingerprint density at radius 2 is 2.29 bits per heavy atom. The molecule has 2 unspecified atom stereocenters. The summed E-state index contributed by atoms with van der Waals surface area (Å²) in [4.78, 5) is 24.5. The van der Waals surface area contributed by atoms with E-state index in [9.17, 15) is 9.59 Å². The molecule has 5 nitrogen and oxygen atoms in total. The van der Waals surface area contributed by atoms with Crippen molar-refractivity contribution in [3.8, 4) is 0 Å². The zero-order chi connectivity index (χ0) is 12.8. The predicted octanol–water partition coefficient (Wildman–Crippen LogP) is 1.24. The fourth-order valence-corrected chi connectivity index (χ4v) is 2.32. The molecule has 0 saturated carbocycles. The fourth-order valence-electron chi connectivity index (χ4n) is 1.85. The zero-order valence-corrected chi connectivity index (χ0v) is 11.1. The molecule has 6 heteroatoms. The number of carboxylic acids is 1. The maximum absolute atomic E-state index is 11.8. The van der Waals surface area contributed by atoms with Gasteiger partial charge in [-0.1, -0.05) is 6.92 Å². The van der Waals surface area contributed by atoms with Crippen LogP contribution in [0.4, 0.5) is 4.79 Å². The number of likely N-dealkylation sites (tertiary alicyclic amines) is 1. The number of hydrogen-bond donors (Lipinski definition) is 2. The molecule has 0 aliphatic carbocycles. The average Bonchev–Trinajstić information content (AvgIpc) is 2.70. The second kappa shape index (κ2) is 6.74. The first kappa shape index (κ1) is 14.2. The molecule has 1 fully saturated rings. The lowest BCUT2D eigenvalue weighted by atomic mass is 10.2. The Bertz CT molecular complexity index is 286. The SMILES string of the molecule is CSCCC(NC(=O)N1CCC(C)C1)C(=O)O. The first-order valence-electron chi connectivity index (χ1n) is 5.81. The van der Waals surface area contributed by atoms with Crippen molar-refractivity contribution in [3.63, 3.8) is 0 Å². The number of nitrogens with zero attached hydrogens (tertiary/aromatic N) is 1. The monoisotopic (exact) mass is 260 g/mol. The second-order valence-corrected chi connectivity index (χ2v) is 5.45. The number of rotatable bonds is 5. The molecule has 1 aliphatic rings. The molecule has 2 amide bonds. The van der Waals surface area contributed by atoms with Crippen LogP contribution in [0, 0.1) is 5.92 Å². The Hall–Kier alpha value is -0.910. The van der Waals surface area contributed by atoms with Crippen molar-refractivity contribution >= 4 is 23.8 Å². The van der Waals surface area contributed by atoms with Crippen LogP contribution >= 0.6 is 11.8 Å². The van der Waals surface area contributed by atoms with E-state index >= 15 is 0 Å². The third-order valence-corrected chi connectivity index (χ3v) is 3.56. The molecule has 0 radical (unpaired) electrons. The summed E-state index contributed by atoms with van der Waals surface area (Å²) >= 11 is 1.58. The van der Waals surface area contributed by atoms with E-state index in [-0.39, 0.29) is 6.03 Å². The normalized spacial score (nSPS) is 21.3. The molecular formula is C11H20N2O3S. The van der Waals surface area contributed by atoms with Gasteiger partial charge >= 0.3 is 12.0 Å². The summed E-state index contributed by atoms with van der Waals surface area (Å²) in [5.74, 6) is 0.281. The van der Waals surface area contributed by atoms with Crippen molar-refractivity contribution in [2.45, 2.75) is 25.8 Å². The lowest BCUT2D eigenvalue weighted by Crippen LogP contribution is -2.47. The van der Waals surface area contributed by atoms with Crippen molar-refractivity contribution in [1.29, 1.82) is 0 Å². The fraction of sp³-hybridized carbons (Fsp3) is 0.818. The first-order valence-corrected chi connectivity index (χ1v) is 7.21. The summed E-state index contributed by atoms with van der Waals surface area (Å²) in [5.41, 5.74) is 0. The molecule has 0 aromatic heterocycles. The van der Waals surface area contributed by atoms with Gasteiger partial charge in [-0.3, -0.25) is 0 Å². The third kappa shape index (κ3) is 4.46. The lowest BCUT2D eigenvalue weighted by molar-refractivity contribution is -0.139. The van der Waals surface area contributed by atoms with Gasteiger partial charge in [0, 0.05) is 13.1 Å². The van der Waals surface area contributed by atoms with Crippen molar-refractivity contribution in [2.75, 3.05) is 25.1 Å². The number of nitrogens with one attached hydrogen (secondary N) is 1. The highest BCUT2D eigenvalue weighted by atomic mass is 32.2. The summed E-state index contributed by atoms with van der Waals surface area (Å²) in [5, 5.41) is 11.6. The highest BCUT2D eigenvalue weighted by Gasteiger charge is 2.26. The van der Waals surface area contributed by atoms with Gasteiger partial charge in [0.15, 0.2) is 0 Å². The molecule has 0 spiro atoms. The molecule has 0 bridgehead atoms. The van der Waals surface area contributed by atoms with Crippen LogP contribution in [-0.4, -0.2) is 53.1 Å². The number of carbonyl (C=O) groups excluding carboxylic acids is 1. The molecule has 1 heterocycles. The van der Waals surface area contributed by atoms with Gasteiger partial charge in [0.25, 0.3) is 0 Å². The van der Waals surface area contributed by atoms with E-state index < -0.39 is 12.0 Å². The van der Waals surface area contributed by atoms with Crippen LogP contribution in [0.2, 0.25) is 0 Å². The highest BCUT2D eigenvalue weighted by Crippen LogP contribution is 2.15. The minimum Gasteiger partial charge on any atom is -0.480 e. The van der Waals surface area contributed by atoms with Crippen molar-refractivity contribution in [1.82, 2.24) is 10.2 Å². The molecule has 98 valence electrons. The molecule has 2 atom stereocenters. The van der Waals surface area contributed by atoms with Gasteiger partial charge < -0.3 is 15.3 Å². The van der Waals surface area contributed by atoms with Crippen molar-refractivity contribution in [3.05, 3.63) is 0 Å². The zero-order valence-electron chi connectivity index (χ0n) is 10.3. The van der Waals surface area contributed by atoms with E-state index in [1.54, 1.807) is 16.7 Å². The van der Waals surface area contributed by atoms with Gasteiger partial charge in [-0.25, -0.2) is 9.59 Å². The summed E-state index contributed by atoms with van der Waals surface area (Å²) in [6.45, 7) is 3.54. The molecule has 0 aromatic carbocycles. The average molecular weight is 260 g/mol. The molecule has 17 heavy (non-hydrogen) atoms. The molecule has 0 aromatic rings. The predicted molar refractivity (Wildman–Crippen MR) is 68.3 cm³/mol. The van der Waals surface area contributed by atoms with Gasteiger partial charge in [-0.15, -0.1) is 0 Å². The van der Waals surface area contributed by atoms with Gasteiger partial charge in [-0.2, -0.15) is 11.8 Å². The van der Waals surface area contributed by atoms with E-state index in [0.717, 1.165) is 25.3 Å². The van der Waals surface area contributed by atoms with E-state index in [4.69, 9.17) is 5.11 Å². The van der Waals surface area contributed by atoms with Crippen LogP contribution in [0.5, 0.6) is 0 Å². The maximum Gasteiger partial charge on any atom is 0.326 e. The highest BCUT2D eigenvalue weighted by molar-refractivity contribution is 7.98. The summed E-state index contributed by atoms with van der Waals surface area (Å²) in [6.07, 6.45) is 3.38. The number of carbonyl (C=O) groups is 2. The standard InChI is InChI=1S/C11H20N2O3S/c1-8-3-5-13(7-8)11(16)12-9(10(14)15)4-6-17-2/h8-9H,3-7H2,1-2H3,(H,12,16)(H,14,15). The minimum absolute atomic E-state index is 0.247. The largest absolute Gasteiger partial charge is 0.480 e. The molecule has 2 N–H and O–H groups in total. The topological polar surface area (TPSA) is 69.6 Å². The van der Waals surface area contributed by atoms with Crippen LogP contribution in [0.1, 0.15) is 19.8 Å². The Morgan fingerprint density at radius 1 is 1.59 bits per heavy atom. The Morgan fingerprint density at radius 3 is 2.76 bits per heavy atom. The van der Waals surface area contributed by atoms with Gasteiger partial charge in [0.05, 0.1) is 0 Å². The number of thioether (sulfide) groups is 1. The molecule has 1 rings (SSSR count). The minimum atomic E-state index is -0.959. The van der Waals surface area contributed by atoms with Crippen molar-refractivity contribution in [2.24, 2.45) is 5.92 Å². The van der Waals surface area contributed by atoms with Crippen molar-refractivity contribution < 1.29 is 14.7 Å². The van der Waals surface area contributed by atoms with Crippen LogP contribution in [0.25, 0.3) is 0 Å². The Labute approximate surface area is 106 Å². The summed E-state index contributed by atoms with van der Waals surface area (Å²) in [6, 6.07) is -1.02. The van der Waals surface area contributed by atoms with Crippen LogP contribution in [-0.2, 0) is 4.79 Å². The van der Waals surface area contributed by atoms with Crippen LogP contribution in [0.15, 0.2) is 0 Å². The van der Waals surface area contributed by atoms with E-state index in [1.165, 1.54) is 0 Å². The second-order valence-electron chi connectivity index (χ2n) is 4.46. The van der Waals surface area contributed by atoms with E-state index in [1.807, 2.05) is 6.26 Å². The van der Waals surface area contributed by atoms with E-state index in [0.29, 0.717) is 12.3 Å². The van der Waals surface area contributed by atoms with E-state index in [2.05, 4.69) is 12.2 Å². The Kier molecular flexibility index (Phi) is 5.61. The Balaban J connectivity index is 2.43. The quantitative estimate of drug-likeness (QED) is 0.780. The van der Waals surface area contributed by atoms with Gasteiger partial charge in [0.1, 0.15) is 6.04 Å². The third-order valence-electron chi connectivity index (χ3n) is 2.92. The maximum atomic E-state index is 11.8. The number of aliphatic carboxylic acids is 1. The van der Waals surface area contributed by atoms with Crippen LogP contribution in [0.3, 0.4) is 0 Å². The van der Waals surface area contributed by atoms with Gasteiger partial charge in [0.2, 0.25) is 0 Å². The van der Waals surface area contributed by atoms with Crippen LogP contribution < -0.4 is 5.32 Å². The number of carboxylic acid groups (broad SMARTS) is 1. The summed E-state index contributed by atoms with van der Waals surface area (Å²) in [7, 11) is 0. The first-order chi connectivity index (χ1) is 8.04. The summed E-state index contributed by atoms with van der Waals surface area (Å²) < 4.78 is 0. The smallest absolute Gasteiger partial charge is 0.326 e. The molecule has 1 aliphatic heterocycles. The number of hydrogen-bond acceptors (Lipinski definition) is 3. The molecule has 1 saturated heterocycles.